The van der Waals surface area contributed by atoms with Crippen molar-refractivity contribution in [1.82, 2.24) is 5.32 Å². The summed E-state index contributed by atoms with van der Waals surface area (Å²) in [6, 6.07) is 0. The first-order chi connectivity index (χ1) is 9.99. The van der Waals surface area contributed by atoms with Gasteiger partial charge in [-0.05, 0) is 38.5 Å². The van der Waals surface area contributed by atoms with Gasteiger partial charge in [0.2, 0.25) is 5.91 Å². The number of hydrogen-bond donors (Lipinski definition) is 1. The zero-order valence-corrected chi connectivity index (χ0v) is 13.5. The third-order valence-electron chi connectivity index (χ3n) is 4.91. The quantitative estimate of drug-likeness (QED) is 0.699. The fraction of sp³-hybridized carbons (Fsp3) is 0.882. The highest BCUT2D eigenvalue weighted by molar-refractivity contribution is 5.80. The minimum absolute atomic E-state index is 0.0251. The van der Waals surface area contributed by atoms with Gasteiger partial charge in [0.1, 0.15) is 5.78 Å². The van der Waals surface area contributed by atoms with Gasteiger partial charge >= 0.3 is 0 Å². The average Bonchev–Trinajstić information content (AvgIpc) is 3.06. The van der Waals surface area contributed by atoms with Gasteiger partial charge in [-0.25, -0.2) is 0 Å². The predicted molar refractivity (Wildman–Crippen MR) is 82.0 cm³/mol. The first-order valence-electron chi connectivity index (χ1n) is 8.46. The third kappa shape index (κ3) is 5.42. The largest absolute Gasteiger partial charge is 0.366 e. The van der Waals surface area contributed by atoms with Crippen LogP contribution in [0.3, 0.4) is 0 Å². The minimum atomic E-state index is 0.0251. The molecule has 0 aliphatic carbocycles. The Morgan fingerprint density at radius 3 is 2.71 bits per heavy atom. The van der Waals surface area contributed by atoms with E-state index in [-0.39, 0.29) is 11.5 Å². The molecule has 2 rings (SSSR count). The highest BCUT2D eigenvalue weighted by atomic mass is 16.6. The number of amides is 1. The van der Waals surface area contributed by atoms with Gasteiger partial charge in [0.25, 0.3) is 0 Å². The zero-order chi connectivity index (χ0) is 15.3. The Morgan fingerprint density at radius 1 is 1.10 bits per heavy atom. The Morgan fingerprint density at radius 2 is 1.90 bits per heavy atom. The molecule has 0 bridgehead atoms. The van der Waals surface area contributed by atoms with Crippen molar-refractivity contribution in [3.05, 3.63) is 0 Å². The van der Waals surface area contributed by atoms with Crippen molar-refractivity contribution in [2.75, 3.05) is 6.54 Å². The van der Waals surface area contributed by atoms with E-state index in [1.54, 1.807) is 0 Å². The highest BCUT2D eigenvalue weighted by Crippen LogP contribution is 2.42. The van der Waals surface area contributed by atoms with E-state index in [4.69, 9.17) is 4.74 Å². The number of hydrogen-bond acceptors (Lipinski definition) is 3. The molecule has 4 nitrogen and oxygen atoms in total. The normalized spacial score (nSPS) is 36.7. The topological polar surface area (TPSA) is 58.7 Å². The maximum atomic E-state index is 11.8. The van der Waals surface area contributed by atoms with Crippen LogP contribution < -0.4 is 5.32 Å². The molecule has 0 aromatic heterocycles. The smallest absolute Gasteiger partial charge is 0.220 e. The van der Waals surface area contributed by atoms with Crippen LogP contribution in [0.2, 0.25) is 0 Å². The second kappa shape index (κ2) is 7.39. The number of epoxide rings is 1. The molecule has 4 heteroatoms. The van der Waals surface area contributed by atoms with E-state index in [1.165, 1.54) is 6.42 Å². The number of Topliss-reactive ketones (excluding diaryl/α,β-unsaturated/α-hetero) is 1. The molecule has 0 spiro atoms. The molecule has 0 saturated carbocycles. The number of rotatable bonds is 0. The summed E-state index contributed by atoms with van der Waals surface area (Å²) in [6.45, 7) is 5.09. The lowest BCUT2D eigenvalue weighted by Gasteiger charge is -2.13. The molecule has 0 radical (unpaired) electrons. The molecule has 2 aliphatic heterocycles. The van der Waals surface area contributed by atoms with E-state index in [9.17, 15) is 9.59 Å². The lowest BCUT2D eigenvalue weighted by Crippen LogP contribution is -2.26. The predicted octanol–water partition coefficient (Wildman–Crippen LogP) is 2.99. The molecular formula is C17H29NO3. The van der Waals surface area contributed by atoms with Gasteiger partial charge in [-0.1, -0.05) is 19.8 Å². The summed E-state index contributed by atoms with van der Waals surface area (Å²) in [7, 11) is 0. The molecule has 2 aliphatic rings. The SMILES string of the molecule is CC1CCCC2(C)OC2CCNC(=O)CCCC(=O)CC1. The summed E-state index contributed by atoms with van der Waals surface area (Å²) >= 11 is 0. The van der Waals surface area contributed by atoms with Crippen LogP contribution in [0.15, 0.2) is 0 Å². The molecule has 2 heterocycles. The van der Waals surface area contributed by atoms with Crippen LogP contribution in [0.4, 0.5) is 0 Å². The Kier molecular flexibility index (Phi) is 5.80. The number of ketones is 1. The lowest BCUT2D eigenvalue weighted by atomic mass is 9.92. The Bertz CT molecular complexity index is 382. The average molecular weight is 295 g/mol. The molecular weight excluding hydrogens is 266 g/mol. The van der Waals surface area contributed by atoms with E-state index in [1.807, 2.05) is 0 Å². The molecule has 21 heavy (non-hydrogen) atoms. The fourth-order valence-electron chi connectivity index (χ4n) is 3.23. The minimum Gasteiger partial charge on any atom is -0.366 e. The standard InChI is InChI=1S/C17H29NO3/c1-13-5-4-11-17(2)15(21-17)10-12-18-16(20)7-3-6-14(19)9-8-13/h13,15H,3-12H2,1-2H3,(H,18,20). The van der Waals surface area contributed by atoms with Crippen LogP contribution in [-0.2, 0) is 14.3 Å². The number of ether oxygens (including phenoxy) is 1. The van der Waals surface area contributed by atoms with Gasteiger partial charge in [-0.15, -0.1) is 0 Å². The number of fused-ring (bicyclic) bond motifs is 1. The van der Waals surface area contributed by atoms with Crippen molar-refractivity contribution in [1.29, 1.82) is 0 Å². The van der Waals surface area contributed by atoms with Gasteiger partial charge in [-0.3, -0.25) is 9.59 Å². The Hall–Kier alpha value is -0.900. The van der Waals surface area contributed by atoms with Crippen LogP contribution in [0, 0.1) is 5.92 Å². The fourth-order valence-corrected chi connectivity index (χ4v) is 3.23. The molecule has 3 atom stereocenters. The second-order valence-electron chi connectivity index (χ2n) is 6.99. The van der Waals surface area contributed by atoms with Gasteiger partial charge in [0.05, 0.1) is 11.7 Å². The van der Waals surface area contributed by atoms with Gasteiger partial charge in [0.15, 0.2) is 0 Å². The Labute approximate surface area is 128 Å². The van der Waals surface area contributed by atoms with Crippen molar-refractivity contribution in [2.24, 2.45) is 5.92 Å². The van der Waals surface area contributed by atoms with Gasteiger partial charge in [0, 0.05) is 25.8 Å². The van der Waals surface area contributed by atoms with Crippen LogP contribution in [-0.4, -0.2) is 29.9 Å². The summed E-state index contributed by atoms with van der Waals surface area (Å²) in [4.78, 5) is 23.5. The molecule has 2 saturated heterocycles. The van der Waals surface area contributed by atoms with Crippen molar-refractivity contribution >= 4 is 11.7 Å². The van der Waals surface area contributed by atoms with E-state index in [0.29, 0.717) is 50.0 Å². The summed E-state index contributed by atoms with van der Waals surface area (Å²) in [6.07, 6.45) is 7.96. The van der Waals surface area contributed by atoms with E-state index in [0.717, 1.165) is 25.7 Å². The molecule has 1 amide bonds. The number of nitrogens with one attached hydrogen (secondary N) is 1. The van der Waals surface area contributed by atoms with Crippen molar-refractivity contribution < 1.29 is 14.3 Å². The van der Waals surface area contributed by atoms with Crippen LogP contribution >= 0.6 is 0 Å². The first-order valence-corrected chi connectivity index (χ1v) is 8.46. The maximum absolute atomic E-state index is 11.8. The second-order valence-corrected chi connectivity index (χ2v) is 6.99. The monoisotopic (exact) mass is 295 g/mol. The van der Waals surface area contributed by atoms with Crippen molar-refractivity contribution in [3.8, 4) is 0 Å². The highest BCUT2D eigenvalue weighted by Gasteiger charge is 2.50. The molecule has 2 fully saturated rings. The van der Waals surface area contributed by atoms with E-state index >= 15 is 0 Å². The Balaban J connectivity index is 1.82. The molecule has 0 aromatic carbocycles. The van der Waals surface area contributed by atoms with Crippen LogP contribution in [0.1, 0.15) is 71.6 Å². The summed E-state index contributed by atoms with van der Waals surface area (Å²) in [5, 5.41) is 2.93. The van der Waals surface area contributed by atoms with E-state index in [2.05, 4.69) is 19.2 Å². The van der Waals surface area contributed by atoms with Gasteiger partial charge < -0.3 is 10.1 Å². The molecule has 120 valence electrons. The summed E-state index contributed by atoms with van der Waals surface area (Å²) in [5.74, 6) is 0.968. The van der Waals surface area contributed by atoms with E-state index < -0.39 is 0 Å². The third-order valence-corrected chi connectivity index (χ3v) is 4.91. The first kappa shape index (κ1) is 16.5. The molecule has 3 unspecified atom stereocenters. The zero-order valence-electron chi connectivity index (χ0n) is 13.5. The van der Waals surface area contributed by atoms with Crippen molar-refractivity contribution in [3.63, 3.8) is 0 Å². The van der Waals surface area contributed by atoms with Crippen molar-refractivity contribution in [2.45, 2.75) is 83.3 Å². The molecule has 1 N–H and O–H groups in total. The number of carbonyl (C=O) groups is 2. The van der Waals surface area contributed by atoms with Crippen LogP contribution in [0.25, 0.3) is 0 Å². The summed E-state index contributed by atoms with van der Waals surface area (Å²) < 4.78 is 5.81. The lowest BCUT2D eigenvalue weighted by molar-refractivity contribution is -0.121. The van der Waals surface area contributed by atoms with Gasteiger partial charge in [-0.2, -0.15) is 0 Å². The van der Waals surface area contributed by atoms with Crippen LogP contribution in [0.5, 0.6) is 0 Å². The summed E-state index contributed by atoms with van der Waals surface area (Å²) in [5.41, 5.74) is 0.0251. The maximum Gasteiger partial charge on any atom is 0.220 e. The number of carbonyl (C=O) groups excluding carboxylic acids is 2. The molecule has 0 aromatic rings.